The second-order valence-corrected chi connectivity index (χ2v) is 5.04. The predicted octanol–water partition coefficient (Wildman–Crippen LogP) is 3.63. The SMILES string of the molecule is CCC(=O)c1ccc(OCCOc2cccc(C)c2)c(N)c1. The van der Waals surface area contributed by atoms with Gasteiger partial charge in [-0.15, -0.1) is 0 Å². The quantitative estimate of drug-likeness (QED) is 0.482. The first-order chi connectivity index (χ1) is 10.6. The minimum Gasteiger partial charge on any atom is -0.490 e. The van der Waals surface area contributed by atoms with Crippen molar-refractivity contribution in [2.75, 3.05) is 18.9 Å². The maximum Gasteiger partial charge on any atom is 0.162 e. The van der Waals surface area contributed by atoms with E-state index in [1.54, 1.807) is 18.2 Å². The molecule has 0 fully saturated rings. The topological polar surface area (TPSA) is 61.5 Å². The highest BCUT2D eigenvalue weighted by Gasteiger charge is 2.07. The van der Waals surface area contributed by atoms with Gasteiger partial charge in [0.05, 0.1) is 5.69 Å². The number of aryl methyl sites for hydroxylation is 1. The number of nitrogen functional groups attached to an aromatic ring is 1. The van der Waals surface area contributed by atoms with Gasteiger partial charge in [-0.1, -0.05) is 19.1 Å². The monoisotopic (exact) mass is 299 g/mol. The molecule has 0 aliphatic carbocycles. The van der Waals surface area contributed by atoms with Crippen LogP contribution in [0.5, 0.6) is 11.5 Å². The first-order valence-corrected chi connectivity index (χ1v) is 7.35. The van der Waals surface area contributed by atoms with E-state index < -0.39 is 0 Å². The Hall–Kier alpha value is -2.49. The molecule has 0 aromatic heterocycles. The fourth-order valence-corrected chi connectivity index (χ4v) is 2.07. The summed E-state index contributed by atoms with van der Waals surface area (Å²) in [6.07, 6.45) is 0.462. The number of anilines is 1. The average Bonchev–Trinajstić information content (AvgIpc) is 2.52. The highest BCUT2D eigenvalue weighted by atomic mass is 16.5. The van der Waals surface area contributed by atoms with Crippen LogP contribution in [0.25, 0.3) is 0 Å². The van der Waals surface area contributed by atoms with Crippen molar-refractivity contribution in [2.24, 2.45) is 0 Å². The Balaban J connectivity index is 1.85. The van der Waals surface area contributed by atoms with Gasteiger partial charge in [-0.3, -0.25) is 4.79 Å². The number of ketones is 1. The molecular weight excluding hydrogens is 278 g/mol. The van der Waals surface area contributed by atoms with Crippen molar-refractivity contribution in [1.29, 1.82) is 0 Å². The molecule has 0 saturated carbocycles. The van der Waals surface area contributed by atoms with E-state index in [0.29, 0.717) is 36.6 Å². The maximum absolute atomic E-state index is 11.6. The number of hydrogen-bond acceptors (Lipinski definition) is 4. The van der Waals surface area contributed by atoms with Gasteiger partial charge in [0.15, 0.2) is 5.78 Å². The van der Waals surface area contributed by atoms with Crippen molar-refractivity contribution in [3.05, 3.63) is 53.6 Å². The first-order valence-electron chi connectivity index (χ1n) is 7.35. The summed E-state index contributed by atoms with van der Waals surface area (Å²) in [5.41, 5.74) is 8.14. The number of Topliss-reactive ketones (excluding diaryl/α,β-unsaturated/α-hetero) is 1. The number of rotatable bonds is 7. The number of benzene rings is 2. The molecule has 0 aliphatic rings. The second kappa shape index (κ2) is 7.50. The van der Waals surface area contributed by atoms with Gasteiger partial charge in [0.25, 0.3) is 0 Å². The lowest BCUT2D eigenvalue weighted by atomic mass is 10.1. The van der Waals surface area contributed by atoms with Crippen LogP contribution in [0.15, 0.2) is 42.5 Å². The zero-order valence-electron chi connectivity index (χ0n) is 13.0. The molecule has 0 spiro atoms. The Morgan fingerprint density at radius 1 is 1.09 bits per heavy atom. The average molecular weight is 299 g/mol. The summed E-state index contributed by atoms with van der Waals surface area (Å²) in [5.74, 6) is 1.46. The molecule has 2 aromatic carbocycles. The molecule has 22 heavy (non-hydrogen) atoms. The lowest BCUT2D eigenvalue weighted by Gasteiger charge is -2.11. The van der Waals surface area contributed by atoms with Crippen LogP contribution in [-0.4, -0.2) is 19.0 Å². The molecule has 0 unspecified atom stereocenters. The molecule has 0 aliphatic heterocycles. The van der Waals surface area contributed by atoms with Crippen LogP contribution in [0.2, 0.25) is 0 Å². The molecule has 2 N–H and O–H groups in total. The Bertz CT molecular complexity index is 653. The lowest BCUT2D eigenvalue weighted by molar-refractivity contribution is 0.0988. The van der Waals surface area contributed by atoms with Crippen LogP contribution in [0.1, 0.15) is 29.3 Å². The van der Waals surface area contributed by atoms with Crippen LogP contribution >= 0.6 is 0 Å². The van der Waals surface area contributed by atoms with Crippen molar-refractivity contribution in [3.63, 3.8) is 0 Å². The molecule has 4 heteroatoms. The molecule has 4 nitrogen and oxygen atoms in total. The fourth-order valence-electron chi connectivity index (χ4n) is 2.07. The lowest BCUT2D eigenvalue weighted by Crippen LogP contribution is -2.10. The van der Waals surface area contributed by atoms with Crippen molar-refractivity contribution < 1.29 is 14.3 Å². The molecule has 0 saturated heterocycles. The molecule has 2 aromatic rings. The van der Waals surface area contributed by atoms with Gasteiger partial charge < -0.3 is 15.2 Å². The molecule has 0 amide bonds. The highest BCUT2D eigenvalue weighted by molar-refractivity contribution is 5.97. The van der Waals surface area contributed by atoms with Crippen molar-refractivity contribution >= 4 is 11.5 Å². The van der Waals surface area contributed by atoms with E-state index >= 15 is 0 Å². The summed E-state index contributed by atoms with van der Waals surface area (Å²) >= 11 is 0. The fraction of sp³-hybridized carbons (Fsp3) is 0.278. The van der Waals surface area contributed by atoms with Gasteiger partial charge in [0, 0.05) is 12.0 Å². The number of nitrogens with two attached hydrogens (primary N) is 1. The van der Waals surface area contributed by atoms with Crippen molar-refractivity contribution in [3.8, 4) is 11.5 Å². The molecule has 116 valence electrons. The normalized spacial score (nSPS) is 10.3. The summed E-state index contributed by atoms with van der Waals surface area (Å²) in [6.45, 7) is 4.66. The van der Waals surface area contributed by atoms with Crippen molar-refractivity contribution in [1.82, 2.24) is 0 Å². The Labute approximate surface area is 130 Å². The van der Waals surface area contributed by atoms with Crippen molar-refractivity contribution in [2.45, 2.75) is 20.3 Å². The van der Waals surface area contributed by atoms with Crippen LogP contribution in [0, 0.1) is 6.92 Å². The van der Waals surface area contributed by atoms with Crippen LogP contribution in [0.3, 0.4) is 0 Å². The third-order valence-corrected chi connectivity index (χ3v) is 3.25. The largest absolute Gasteiger partial charge is 0.490 e. The number of ether oxygens (including phenoxy) is 2. The van der Waals surface area contributed by atoms with Gasteiger partial charge in [-0.2, -0.15) is 0 Å². The summed E-state index contributed by atoms with van der Waals surface area (Å²) < 4.78 is 11.2. The molecule has 0 bridgehead atoms. The third kappa shape index (κ3) is 4.25. The Morgan fingerprint density at radius 2 is 1.86 bits per heavy atom. The van der Waals surface area contributed by atoms with Crippen LogP contribution in [0.4, 0.5) is 5.69 Å². The highest BCUT2D eigenvalue weighted by Crippen LogP contribution is 2.23. The zero-order chi connectivity index (χ0) is 15.9. The second-order valence-electron chi connectivity index (χ2n) is 5.04. The first kappa shape index (κ1) is 15.9. The summed E-state index contributed by atoms with van der Waals surface area (Å²) in [5, 5.41) is 0. The molecule has 0 atom stereocenters. The minimum atomic E-state index is 0.0704. The van der Waals surface area contributed by atoms with Gasteiger partial charge in [-0.05, 0) is 42.8 Å². The maximum atomic E-state index is 11.6. The number of carbonyl (C=O) groups excluding carboxylic acids is 1. The summed E-state index contributed by atoms with van der Waals surface area (Å²) in [7, 11) is 0. The Morgan fingerprint density at radius 3 is 2.55 bits per heavy atom. The van der Waals surface area contributed by atoms with E-state index in [2.05, 4.69) is 0 Å². The summed E-state index contributed by atoms with van der Waals surface area (Å²) in [6, 6.07) is 13.0. The predicted molar refractivity (Wildman–Crippen MR) is 87.6 cm³/mol. The van der Waals surface area contributed by atoms with Gasteiger partial charge >= 0.3 is 0 Å². The zero-order valence-corrected chi connectivity index (χ0v) is 13.0. The Kier molecular flexibility index (Phi) is 5.42. The third-order valence-electron chi connectivity index (χ3n) is 3.25. The number of hydrogen-bond donors (Lipinski definition) is 1. The van der Waals surface area contributed by atoms with E-state index in [1.807, 2.05) is 38.1 Å². The number of carbonyl (C=O) groups is 1. The minimum absolute atomic E-state index is 0.0704. The van der Waals surface area contributed by atoms with Crippen LogP contribution < -0.4 is 15.2 Å². The van der Waals surface area contributed by atoms with E-state index in [-0.39, 0.29) is 5.78 Å². The summed E-state index contributed by atoms with van der Waals surface area (Å²) in [4.78, 5) is 11.6. The van der Waals surface area contributed by atoms with E-state index in [9.17, 15) is 4.79 Å². The van der Waals surface area contributed by atoms with Gasteiger partial charge in [0.2, 0.25) is 0 Å². The van der Waals surface area contributed by atoms with Gasteiger partial charge in [-0.25, -0.2) is 0 Å². The molecule has 0 radical (unpaired) electrons. The standard InChI is InChI=1S/C18H21NO3/c1-3-17(20)14-7-8-18(16(19)12-14)22-10-9-21-15-6-4-5-13(2)11-15/h4-8,11-12H,3,9-10,19H2,1-2H3. The molecule has 0 heterocycles. The smallest absolute Gasteiger partial charge is 0.162 e. The molecule has 2 rings (SSSR count). The van der Waals surface area contributed by atoms with E-state index in [0.717, 1.165) is 11.3 Å². The molecular formula is C18H21NO3. The van der Waals surface area contributed by atoms with E-state index in [4.69, 9.17) is 15.2 Å². The van der Waals surface area contributed by atoms with Crippen LogP contribution in [-0.2, 0) is 0 Å². The van der Waals surface area contributed by atoms with Gasteiger partial charge in [0.1, 0.15) is 24.7 Å². The van der Waals surface area contributed by atoms with E-state index in [1.165, 1.54) is 0 Å².